The van der Waals surface area contributed by atoms with Crippen LogP contribution in [0.15, 0.2) is 35.5 Å². The summed E-state index contributed by atoms with van der Waals surface area (Å²) >= 11 is 1.48. The van der Waals surface area contributed by atoms with E-state index in [1.54, 1.807) is 0 Å². The number of likely N-dealkylation sites (tertiary alicyclic amines) is 1. The standard InChI is InChI=1S/C23H31N5O2S/c1-16(31-23-26-25-21(10-9-20(24)29)28(23)19-7-8-19)22(30)27-13-11-18(12-14-27)15-17-5-3-2-4-6-17/h2-6,16,18-19H,7-15H2,1H3,(H2,24,29). The summed E-state index contributed by atoms with van der Waals surface area (Å²) in [6.45, 7) is 3.60. The fourth-order valence-corrected chi connectivity index (χ4v) is 5.29. The zero-order chi connectivity index (χ0) is 21.8. The van der Waals surface area contributed by atoms with Crippen molar-refractivity contribution in [3.63, 3.8) is 0 Å². The number of thioether (sulfide) groups is 1. The molecular weight excluding hydrogens is 410 g/mol. The van der Waals surface area contributed by atoms with Crippen LogP contribution in [0.4, 0.5) is 0 Å². The van der Waals surface area contributed by atoms with Crippen LogP contribution in [0.25, 0.3) is 0 Å². The average molecular weight is 442 g/mol. The van der Waals surface area contributed by atoms with E-state index in [1.165, 1.54) is 17.3 Å². The second-order valence-corrected chi connectivity index (χ2v) is 9.99. The first-order chi connectivity index (χ1) is 15.0. The van der Waals surface area contributed by atoms with Gasteiger partial charge in [-0.05, 0) is 50.5 Å². The summed E-state index contributed by atoms with van der Waals surface area (Å²) < 4.78 is 2.11. The Hall–Kier alpha value is -2.35. The van der Waals surface area contributed by atoms with Gasteiger partial charge in [-0.25, -0.2) is 0 Å². The number of hydrogen-bond donors (Lipinski definition) is 1. The van der Waals surface area contributed by atoms with E-state index in [0.29, 0.717) is 18.4 Å². The van der Waals surface area contributed by atoms with Crippen LogP contribution in [-0.2, 0) is 22.4 Å². The molecule has 0 radical (unpaired) electrons. The van der Waals surface area contributed by atoms with E-state index in [0.717, 1.165) is 56.2 Å². The molecule has 8 heteroatoms. The SMILES string of the molecule is CC(Sc1nnc(CCC(N)=O)n1C1CC1)C(=O)N1CCC(Cc2ccccc2)CC1. The average Bonchev–Trinajstić information content (AvgIpc) is 3.53. The van der Waals surface area contributed by atoms with Crippen molar-refractivity contribution in [3.05, 3.63) is 41.7 Å². The Balaban J connectivity index is 1.31. The molecule has 1 aromatic carbocycles. The van der Waals surface area contributed by atoms with Gasteiger partial charge >= 0.3 is 0 Å². The highest BCUT2D eigenvalue weighted by Gasteiger charge is 2.32. The maximum absolute atomic E-state index is 13.1. The number of rotatable bonds is 9. The minimum absolute atomic E-state index is 0.173. The molecule has 2 N–H and O–H groups in total. The molecule has 1 atom stereocenters. The van der Waals surface area contributed by atoms with Gasteiger partial charge in [-0.1, -0.05) is 42.1 Å². The Morgan fingerprint density at radius 3 is 2.48 bits per heavy atom. The van der Waals surface area contributed by atoms with E-state index in [-0.39, 0.29) is 23.5 Å². The molecule has 2 fully saturated rings. The largest absolute Gasteiger partial charge is 0.370 e. The van der Waals surface area contributed by atoms with E-state index in [2.05, 4.69) is 45.1 Å². The van der Waals surface area contributed by atoms with Crippen LogP contribution in [0.5, 0.6) is 0 Å². The number of nitrogens with zero attached hydrogens (tertiary/aromatic N) is 4. The van der Waals surface area contributed by atoms with Crippen molar-refractivity contribution in [2.24, 2.45) is 11.7 Å². The van der Waals surface area contributed by atoms with Gasteiger partial charge in [-0.3, -0.25) is 9.59 Å². The molecule has 1 saturated carbocycles. The van der Waals surface area contributed by atoms with Gasteiger partial charge in [0.25, 0.3) is 0 Å². The number of carbonyl (C=O) groups excluding carboxylic acids is 2. The van der Waals surface area contributed by atoms with Crippen LogP contribution < -0.4 is 5.73 Å². The highest BCUT2D eigenvalue weighted by atomic mass is 32.2. The van der Waals surface area contributed by atoms with Crippen LogP contribution in [0.2, 0.25) is 0 Å². The van der Waals surface area contributed by atoms with Crippen molar-refractivity contribution in [1.29, 1.82) is 0 Å². The number of benzene rings is 1. The number of carbonyl (C=O) groups is 2. The van der Waals surface area contributed by atoms with E-state index < -0.39 is 0 Å². The topological polar surface area (TPSA) is 94.1 Å². The molecule has 7 nitrogen and oxygen atoms in total. The van der Waals surface area contributed by atoms with Crippen molar-refractivity contribution in [3.8, 4) is 0 Å². The molecule has 0 spiro atoms. The quantitative estimate of drug-likeness (QED) is 0.604. The first kappa shape index (κ1) is 21.9. The number of nitrogens with two attached hydrogens (primary N) is 1. The maximum atomic E-state index is 13.1. The molecule has 4 rings (SSSR count). The monoisotopic (exact) mass is 441 g/mol. The molecule has 166 valence electrons. The lowest BCUT2D eigenvalue weighted by molar-refractivity contribution is -0.131. The molecule has 0 bridgehead atoms. The second-order valence-electron chi connectivity index (χ2n) is 8.68. The third kappa shape index (κ3) is 5.67. The van der Waals surface area contributed by atoms with Gasteiger partial charge in [-0.2, -0.15) is 0 Å². The lowest BCUT2D eigenvalue weighted by Crippen LogP contribution is -2.42. The molecule has 2 heterocycles. The predicted octanol–water partition coefficient (Wildman–Crippen LogP) is 2.99. The summed E-state index contributed by atoms with van der Waals surface area (Å²) in [6.07, 6.45) is 6.13. The lowest BCUT2D eigenvalue weighted by Gasteiger charge is -2.33. The number of amides is 2. The summed E-state index contributed by atoms with van der Waals surface area (Å²) in [5.74, 6) is 1.27. The summed E-state index contributed by atoms with van der Waals surface area (Å²) in [5.41, 5.74) is 6.67. The summed E-state index contributed by atoms with van der Waals surface area (Å²) in [5, 5.41) is 9.19. The Labute approximate surface area is 187 Å². The van der Waals surface area contributed by atoms with Crippen molar-refractivity contribution in [2.75, 3.05) is 13.1 Å². The molecule has 1 unspecified atom stereocenters. The summed E-state index contributed by atoms with van der Waals surface area (Å²) in [4.78, 5) is 26.2. The fourth-order valence-electron chi connectivity index (χ4n) is 4.26. The Bertz CT molecular complexity index is 904. The predicted molar refractivity (Wildman–Crippen MR) is 121 cm³/mol. The normalized spacial score (nSPS) is 18.2. The van der Waals surface area contributed by atoms with E-state index >= 15 is 0 Å². The minimum Gasteiger partial charge on any atom is -0.370 e. The van der Waals surface area contributed by atoms with Crippen LogP contribution >= 0.6 is 11.8 Å². The van der Waals surface area contributed by atoms with Gasteiger partial charge in [-0.15, -0.1) is 10.2 Å². The maximum Gasteiger partial charge on any atom is 0.235 e. The summed E-state index contributed by atoms with van der Waals surface area (Å²) in [7, 11) is 0. The second kappa shape index (κ2) is 9.85. The fraction of sp³-hybridized carbons (Fsp3) is 0.565. The molecule has 2 aliphatic rings. The Kier molecular flexibility index (Phi) is 6.95. The molecule has 1 aliphatic carbocycles. The zero-order valence-corrected chi connectivity index (χ0v) is 18.9. The Morgan fingerprint density at radius 2 is 1.84 bits per heavy atom. The third-order valence-electron chi connectivity index (χ3n) is 6.17. The first-order valence-corrected chi connectivity index (χ1v) is 12.1. The molecule has 31 heavy (non-hydrogen) atoms. The summed E-state index contributed by atoms with van der Waals surface area (Å²) in [6, 6.07) is 11.0. The number of primary amides is 1. The molecule has 1 aromatic heterocycles. The van der Waals surface area contributed by atoms with Gasteiger partial charge in [0.2, 0.25) is 11.8 Å². The van der Waals surface area contributed by atoms with E-state index in [4.69, 9.17) is 5.73 Å². The zero-order valence-electron chi connectivity index (χ0n) is 18.1. The first-order valence-electron chi connectivity index (χ1n) is 11.2. The van der Waals surface area contributed by atoms with Crippen molar-refractivity contribution < 1.29 is 9.59 Å². The molecular formula is C23H31N5O2S. The number of aryl methyl sites for hydroxylation is 1. The lowest BCUT2D eigenvalue weighted by atomic mass is 9.90. The number of aromatic nitrogens is 3. The van der Waals surface area contributed by atoms with Crippen molar-refractivity contribution >= 4 is 23.6 Å². The molecule has 2 aromatic rings. The third-order valence-corrected chi connectivity index (χ3v) is 7.21. The van der Waals surface area contributed by atoms with Crippen LogP contribution in [-0.4, -0.2) is 49.8 Å². The van der Waals surface area contributed by atoms with Crippen LogP contribution in [0.3, 0.4) is 0 Å². The highest BCUT2D eigenvalue weighted by Crippen LogP contribution is 2.40. The van der Waals surface area contributed by atoms with E-state index in [9.17, 15) is 9.59 Å². The highest BCUT2D eigenvalue weighted by molar-refractivity contribution is 8.00. The van der Waals surface area contributed by atoms with E-state index in [1.807, 2.05) is 11.8 Å². The molecule has 1 saturated heterocycles. The Morgan fingerprint density at radius 1 is 1.13 bits per heavy atom. The van der Waals surface area contributed by atoms with Gasteiger partial charge in [0.05, 0.1) is 5.25 Å². The number of hydrogen-bond acceptors (Lipinski definition) is 5. The van der Waals surface area contributed by atoms with Crippen molar-refractivity contribution in [2.45, 2.75) is 68.3 Å². The van der Waals surface area contributed by atoms with Gasteiger partial charge in [0.1, 0.15) is 5.82 Å². The van der Waals surface area contributed by atoms with Crippen molar-refractivity contribution in [1.82, 2.24) is 19.7 Å². The molecule has 2 amide bonds. The molecule has 1 aliphatic heterocycles. The van der Waals surface area contributed by atoms with Gasteiger partial charge < -0.3 is 15.2 Å². The van der Waals surface area contributed by atoms with Crippen LogP contribution in [0, 0.1) is 5.92 Å². The van der Waals surface area contributed by atoms with Gasteiger partial charge in [0.15, 0.2) is 5.16 Å². The number of piperidine rings is 1. The minimum atomic E-state index is -0.334. The van der Waals surface area contributed by atoms with Crippen LogP contribution in [0.1, 0.15) is 56.5 Å². The van der Waals surface area contributed by atoms with Gasteiger partial charge in [0, 0.05) is 32.0 Å². The smallest absolute Gasteiger partial charge is 0.235 e.